The lowest BCUT2D eigenvalue weighted by Crippen LogP contribution is -2.26. The van der Waals surface area contributed by atoms with Crippen LogP contribution in [0.1, 0.15) is 26.2 Å². The number of hydrogen-bond acceptors (Lipinski definition) is 2. The van der Waals surface area contributed by atoms with Crippen molar-refractivity contribution >= 4 is 0 Å². The van der Waals surface area contributed by atoms with Gasteiger partial charge in [-0.3, -0.25) is 0 Å². The van der Waals surface area contributed by atoms with Gasteiger partial charge in [-0.2, -0.15) is 0 Å². The molecule has 0 amide bonds. The standard InChI is InChI=1S/C11H20N2/c1-2-9-6-11(9)13-7-8-3-4-10(12)5-8/h3-4,8-11,13H,2,5-7,12H2,1H3. The third-order valence-electron chi connectivity index (χ3n) is 3.29. The van der Waals surface area contributed by atoms with Crippen molar-refractivity contribution in [3.8, 4) is 0 Å². The van der Waals surface area contributed by atoms with Gasteiger partial charge in [-0.25, -0.2) is 0 Å². The number of hydrogen-bond donors (Lipinski definition) is 2. The molecule has 2 aliphatic rings. The molecule has 4 atom stereocenters. The maximum absolute atomic E-state index is 5.79. The van der Waals surface area contributed by atoms with Crippen LogP contribution in [0.3, 0.4) is 0 Å². The highest BCUT2D eigenvalue weighted by atomic mass is 15.0. The SMILES string of the molecule is CCC1CC1NCC1C=CC(N)C1. The molecule has 0 bridgehead atoms. The van der Waals surface area contributed by atoms with Gasteiger partial charge in [0.1, 0.15) is 0 Å². The van der Waals surface area contributed by atoms with Crippen molar-refractivity contribution in [3.63, 3.8) is 0 Å². The molecule has 0 saturated heterocycles. The molecule has 0 aromatic heterocycles. The maximum atomic E-state index is 5.79. The molecule has 0 radical (unpaired) electrons. The Bertz CT molecular complexity index is 200. The minimum atomic E-state index is 0.313. The first kappa shape index (κ1) is 9.22. The summed E-state index contributed by atoms with van der Waals surface area (Å²) in [5.41, 5.74) is 5.79. The van der Waals surface area contributed by atoms with Gasteiger partial charge in [0.05, 0.1) is 0 Å². The average Bonchev–Trinajstić information content (AvgIpc) is 2.78. The predicted octanol–water partition coefficient (Wildman–Crippen LogP) is 1.28. The van der Waals surface area contributed by atoms with Crippen LogP contribution >= 0.6 is 0 Å². The highest BCUT2D eigenvalue weighted by molar-refractivity contribution is 5.06. The molecule has 2 heteroatoms. The fourth-order valence-electron chi connectivity index (χ4n) is 2.21. The van der Waals surface area contributed by atoms with Crippen LogP contribution in [0, 0.1) is 11.8 Å². The molecule has 2 nitrogen and oxygen atoms in total. The van der Waals surface area contributed by atoms with E-state index in [9.17, 15) is 0 Å². The van der Waals surface area contributed by atoms with Crippen LogP contribution < -0.4 is 11.1 Å². The summed E-state index contributed by atoms with van der Waals surface area (Å²) in [7, 11) is 0. The molecule has 1 saturated carbocycles. The molecule has 2 rings (SSSR count). The second-order valence-electron chi connectivity index (χ2n) is 4.46. The molecular weight excluding hydrogens is 160 g/mol. The molecule has 0 aliphatic heterocycles. The van der Waals surface area contributed by atoms with Crippen molar-refractivity contribution in [2.24, 2.45) is 17.6 Å². The smallest absolute Gasteiger partial charge is 0.0229 e. The van der Waals surface area contributed by atoms with Crippen molar-refractivity contribution in [2.75, 3.05) is 6.54 Å². The van der Waals surface area contributed by atoms with Crippen molar-refractivity contribution in [3.05, 3.63) is 12.2 Å². The van der Waals surface area contributed by atoms with Crippen molar-refractivity contribution in [1.82, 2.24) is 5.32 Å². The van der Waals surface area contributed by atoms with E-state index in [4.69, 9.17) is 5.73 Å². The van der Waals surface area contributed by atoms with Gasteiger partial charge >= 0.3 is 0 Å². The van der Waals surface area contributed by atoms with Crippen molar-refractivity contribution in [2.45, 2.75) is 38.3 Å². The highest BCUT2D eigenvalue weighted by Crippen LogP contribution is 2.33. The number of nitrogens with two attached hydrogens (primary N) is 1. The predicted molar refractivity (Wildman–Crippen MR) is 55.4 cm³/mol. The van der Waals surface area contributed by atoms with Crippen molar-refractivity contribution in [1.29, 1.82) is 0 Å². The Morgan fingerprint density at radius 2 is 2.23 bits per heavy atom. The zero-order valence-corrected chi connectivity index (χ0v) is 8.37. The summed E-state index contributed by atoms with van der Waals surface area (Å²) in [4.78, 5) is 0. The van der Waals surface area contributed by atoms with Gasteiger partial charge in [-0.1, -0.05) is 25.5 Å². The van der Waals surface area contributed by atoms with Gasteiger partial charge in [0, 0.05) is 18.6 Å². The molecule has 74 valence electrons. The van der Waals surface area contributed by atoms with Gasteiger partial charge < -0.3 is 11.1 Å². The second kappa shape index (κ2) is 3.81. The monoisotopic (exact) mass is 180 g/mol. The molecule has 2 aliphatic carbocycles. The minimum Gasteiger partial charge on any atom is -0.324 e. The topological polar surface area (TPSA) is 38.0 Å². The van der Waals surface area contributed by atoms with Gasteiger partial charge in [0.15, 0.2) is 0 Å². The van der Waals surface area contributed by atoms with E-state index in [-0.39, 0.29) is 0 Å². The summed E-state index contributed by atoms with van der Waals surface area (Å²) in [6.45, 7) is 3.41. The van der Waals surface area contributed by atoms with Gasteiger partial charge in [-0.15, -0.1) is 0 Å². The third kappa shape index (κ3) is 2.32. The summed E-state index contributed by atoms with van der Waals surface area (Å²) in [5, 5.41) is 3.61. The first-order valence-electron chi connectivity index (χ1n) is 5.47. The molecular formula is C11H20N2. The Hall–Kier alpha value is -0.340. The third-order valence-corrected chi connectivity index (χ3v) is 3.29. The molecule has 0 aromatic rings. The van der Waals surface area contributed by atoms with Crippen molar-refractivity contribution < 1.29 is 0 Å². The fraction of sp³-hybridized carbons (Fsp3) is 0.818. The van der Waals surface area contributed by atoms with Crippen LogP contribution in [-0.4, -0.2) is 18.6 Å². The summed E-state index contributed by atoms with van der Waals surface area (Å²) in [5.74, 6) is 1.65. The summed E-state index contributed by atoms with van der Waals surface area (Å²) >= 11 is 0. The Kier molecular flexibility index (Phi) is 2.70. The van der Waals surface area contributed by atoms with E-state index in [0.717, 1.165) is 24.9 Å². The summed E-state index contributed by atoms with van der Waals surface area (Å²) in [6.07, 6.45) is 8.25. The van der Waals surface area contributed by atoms with Gasteiger partial charge in [0.2, 0.25) is 0 Å². The van der Waals surface area contributed by atoms with E-state index in [0.29, 0.717) is 12.0 Å². The Morgan fingerprint density at radius 1 is 1.38 bits per heavy atom. The Morgan fingerprint density at radius 3 is 2.77 bits per heavy atom. The molecule has 0 heterocycles. The normalized spacial score (nSPS) is 42.6. The lowest BCUT2D eigenvalue weighted by atomic mass is 10.1. The van der Waals surface area contributed by atoms with Gasteiger partial charge in [-0.05, 0) is 24.7 Å². The van der Waals surface area contributed by atoms with Crippen LogP contribution in [0.15, 0.2) is 12.2 Å². The second-order valence-corrected chi connectivity index (χ2v) is 4.46. The van der Waals surface area contributed by atoms with E-state index >= 15 is 0 Å². The van der Waals surface area contributed by atoms with E-state index < -0.39 is 0 Å². The van der Waals surface area contributed by atoms with Crippen LogP contribution in [-0.2, 0) is 0 Å². The first-order chi connectivity index (χ1) is 6.29. The zero-order valence-electron chi connectivity index (χ0n) is 8.37. The highest BCUT2D eigenvalue weighted by Gasteiger charge is 2.34. The lowest BCUT2D eigenvalue weighted by Gasteiger charge is -2.10. The van der Waals surface area contributed by atoms with Crippen LogP contribution in [0.5, 0.6) is 0 Å². The molecule has 4 unspecified atom stereocenters. The molecule has 0 spiro atoms. The largest absolute Gasteiger partial charge is 0.324 e. The fourth-order valence-corrected chi connectivity index (χ4v) is 2.21. The van der Waals surface area contributed by atoms with Crippen LogP contribution in [0.25, 0.3) is 0 Å². The van der Waals surface area contributed by atoms with Crippen LogP contribution in [0.2, 0.25) is 0 Å². The van der Waals surface area contributed by atoms with E-state index in [1.165, 1.54) is 12.8 Å². The molecule has 3 N–H and O–H groups in total. The van der Waals surface area contributed by atoms with Gasteiger partial charge in [0.25, 0.3) is 0 Å². The quantitative estimate of drug-likeness (QED) is 0.640. The first-order valence-corrected chi connectivity index (χ1v) is 5.47. The summed E-state index contributed by atoms with van der Waals surface area (Å²) < 4.78 is 0. The van der Waals surface area contributed by atoms with E-state index in [1.807, 2.05) is 0 Å². The summed E-state index contributed by atoms with van der Waals surface area (Å²) in [6, 6.07) is 1.13. The van der Waals surface area contributed by atoms with E-state index in [2.05, 4.69) is 24.4 Å². The number of nitrogens with one attached hydrogen (secondary N) is 1. The molecule has 13 heavy (non-hydrogen) atoms. The Balaban J connectivity index is 1.62. The Labute approximate surface area is 80.6 Å². The average molecular weight is 180 g/mol. The minimum absolute atomic E-state index is 0.313. The molecule has 1 fully saturated rings. The van der Waals surface area contributed by atoms with E-state index in [1.54, 1.807) is 0 Å². The molecule has 0 aromatic carbocycles. The van der Waals surface area contributed by atoms with Crippen LogP contribution in [0.4, 0.5) is 0 Å². The number of rotatable bonds is 4. The zero-order chi connectivity index (χ0) is 9.26. The lowest BCUT2D eigenvalue weighted by molar-refractivity contribution is 0.512. The maximum Gasteiger partial charge on any atom is 0.0229 e.